The Hall–Kier alpha value is -11.7. The van der Waals surface area contributed by atoms with Crippen molar-refractivity contribution in [1.29, 1.82) is 0 Å². The van der Waals surface area contributed by atoms with Gasteiger partial charge in [-0.2, -0.15) is 0 Å². The summed E-state index contributed by atoms with van der Waals surface area (Å²) in [6.07, 6.45) is 3.62. The summed E-state index contributed by atoms with van der Waals surface area (Å²) in [7, 11) is 0. The number of hydrogen-bond donors (Lipinski definition) is 0. The van der Waals surface area contributed by atoms with Crippen LogP contribution in [0.2, 0.25) is 21.1 Å². The highest BCUT2D eigenvalue weighted by atomic mass is 79.9. The molecule has 102 heavy (non-hydrogen) atoms. The molecule has 0 fully saturated rings. The van der Waals surface area contributed by atoms with Crippen LogP contribution in [0.25, 0.3) is 139 Å². The van der Waals surface area contributed by atoms with Crippen molar-refractivity contribution >= 4 is 117 Å². The van der Waals surface area contributed by atoms with E-state index in [0.29, 0.717) is 0 Å². The summed E-state index contributed by atoms with van der Waals surface area (Å²) in [6.45, 7) is 0. The van der Waals surface area contributed by atoms with Crippen molar-refractivity contribution < 1.29 is 0 Å². The van der Waals surface area contributed by atoms with Crippen LogP contribution >= 0.6 is 62.3 Å². The lowest BCUT2D eigenvalue weighted by Gasteiger charge is -2.09. The first-order valence-electron chi connectivity index (χ1n) is 32.4. The van der Waals surface area contributed by atoms with E-state index < -0.39 is 0 Å². The van der Waals surface area contributed by atoms with Crippen molar-refractivity contribution in [3.05, 3.63) is 366 Å². The van der Waals surface area contributed by atoms with E-state index in [0.717, 1.165) is 127 Å². The Balaban J connectivity index is 0.000000109. The lowest BCUT2D eigenvalue weighted by Crippen LogP contribution is -1.97. The number of halogens is 5. The third-order valence-corrected chi connectivity index (χ3v) is 17.8. The van der Waals surface area contributed by atoms with Crippen LogP contribution in [-0.4, -0.2) is 54.4 Å². The molecule has 16 heteroatoms. The monoisotopic (exact) mass is 1460 g/mol. The molecule has 0 atom stereocenters. The van der Waals surface area contributed by atoms with Gasteiger partial charge in [0.25, 0.3) is 0 Å². The molecule has 12 aromatic carbocycles. The van der Waals surface area contributed by atoms with Gasteiger partial charge in [-0.25, -0.2) is 44.9 Å². The zero-order chi connectivity index (χ0) is 69.6. The molecule has 0 aliphatic carbocycles. The number of fused-ring (bicyclic) bond motifs is 5. The number of hydrogen-bond acceptors (Lipinski definition) is 10. The molecule has 0 spiro atoms. The van der Waals surface area contributed by atoms with Gasteiger partial charge in [-0.1, -0.05) is 273 Å². The van der Waals surface area contributed by atoms with Gasteiger partial charge in [0.05, 0.1) is 56.7 Å². The summed E-state index contributed by atoms with van der Waals surface area (Å²) in [5, 5.41) is 7.45. The van der Waals surface area contributed by atoms with Crippen molar-refractivity contribution in [2.75, 3.05) is 0 Å². The molecule has 0 unspecified atom stereocenters. The number of rotatable bonds is 8. The molecule has 6 aromatic heterocycles. The van der Waals surface area contributed by atoms with E-state index in [1.54, 1.807) is 6.20 Å². The number of para-hydroxylation sites is 5. The Bertz CT molecular complexity index is 5900. The molecule has 0 saturated carbocycles. The zero-order valence-electron chi connectivity index (χ0n) is 54.1. The van der Waals surface area contributed by atoms with Crippen LogP contribution in [-0.2, 0) is 0 Å². The highest BCUT2D eigenvalue weighted by molar-refractivity contribution is 9.10. The topological polar surface area (TPSA) is 134 Å². The third kappa shape index (κ3) is 15.8. The average molecular weight is 1470 g/mol. The van der Waals surface area contributed by atoms with Gasteiger partial charge in [-0.05, 0) is 139 Å². The van der Waals surface area contributed by atoms with E-state index in [2.05, 4.69) is 149 Å². The van der Waals surface area contributed by atoms with Crippen LogP contribution in [0.5, 0.6) is 0 Å². The number of benzene rings is 12. The van der Waals surface area contributed by atoms with E-state index in [4.69, 9.17) is 46.4 Å². The molecule has 0 aliphatic rings. The van der Waals surface area contributed by atoms with Gasteiger partial charge < -0.3 is 0 Å². The van der Waals surface area contributed by atoms with Crippen LogP contribution in [0.1, 0.15) is 0 Å². The van der Waals surface area contributed by atoms with E-state index in [-0.39, 0.29) is 21.1 Å². The number of nitrogens with zero attached hydrogens (tertiary/aromatic N) is 11. The van der Waals surface area contributed by atoms with E-state index >= 15 is 0 Å². The van der Waals surface area contributed by atoms with Gasteiger partial charge in [-0.15, -0.1) is 0 Å². The largest absolute Gasteiger partial charge is 0.287 e. The first kappa shape index (κ1) is 67.4. The minimum atomic E-state index is 0.257. The minimum absolute atomic E-state index is 0.257. The Kier molecular flexibility index (Phi) is 21.2. The molecule has 18 rings (SSSR count). The van der Waals surface area contributed by atoms with Gasteiger partial charge in [0.1, 0.15) is 10.4 Å². The summed E-state index contributed by atoms with van der Waals surface area (Å²) >= 11 is 27.8. The second kappa shape index (κ2) is 32.1. The maximum absolute atomic E-state index is 6.11. The maximum Gasteiger partial charge on any atom is 0.223 e. The van der Waals surface area contributed by atoms with Crippen LogP contribution in [0.3, 0.4) is 0 Å². The lowest BCUT2D eigenvalue weighted by atomic mass is 9.99. The molecule has 490 valence electrons. The summed E-state index contributed by atoms with van der Waals surface area (Å²) in [6, 6.07) is 109. The van der Waals surface area contributed by atoms with Gasteiger partial charge in [0.15, 0.2) is 0 Å². The molecular formula is C86H56BrCl4N11. The first-order chi connectivity index (χ1) is 50.1. The predicted molar refractivity (Wildman–Crippen MR) is 423 cm³/mol. The maximum atomic E-state index is 6.11. The van der Waals surface area contributed by atoms with Crippen LogP contribution < -0.4 is 0 Å². The van der Waals surface area contributed by atoms with E-state index in [1.165, 1.54) is 16.3 Å². The highest BCUT2D eigenvalue weighted by Crippen LogP contribution is 2.36. The molecule has 0 saturated heterocycles. The molecule has 18 aromatic rings. The second-order valence-corrected chi connectivity index (χ2v) is 25.2. The van der Waals surface area contributed by atoms with Crippen molar-refractivity contribution in [2.45, 2.75) is 0 Å². The Labute approximate surface area is 616 Å². The van der Waals surface area contributed by atoms with E-state index in [9.17, 15) is 0 Å². The van der Waals surface area contributed by atoms with Gasteiger partial charge in [0, 0.05) is 66.8 Å². The zero-order valence-corrected chi connectivity index (χ0v) is 58.8. The van der Waals surface area contributed by atoms with Crippen molar-refractivity contribution in [1.82, 2.24) is 54.4 Å². The summed E-state index contributed by atoms with van der Waals surface area (Å²) in [4.78, 5) is 43.6. The third-order valence-electron chi connectivity index (χ3n) is 16.5. The summed E-state index contributed by atoms with van der Waals surface area (Å²) < 4.78 is 3.04. The Morgan fingerprint density at radius 3 is 1.16 bits per heavy atom. The van der Waals surface area contributed by atoms with Crippen molar-refractivity contribution in [3.8, 4) is 84.5 Å². The minimum Gasteiger partial charge on any atom is -0.287 e. The average Bonchev–Trinajstić information content (AvgIpc) is 1.54. The van der Waals surface area contributed by atoms with Crippen LogP contribution in [0, 0.1) is 0 Å². The fourth-order valence-electron chi connectivity index (χ4n) is 11.8. The molecule has 0 aliphatic heterocycles. The highest BCUT2D eigenvalue weighted by Gasteiger charge is 2.16. The van der Waals surface area contributed by atoms with Gasteiger partial charge >= 0.3 is 0 Å². The van der Waals surface area contributed by atoms with Crippen molar-refractivity contribution in [3.63, 3.8) is 0 Å². The number of aromatic nitrogens is 11. The standard InChI is InChI=1S/C20H13ClN2.C19H12ClN3.C18H11ClN2.C15H11BrN2.C14H9ClN2/c21-20-22-18-12-5-4-11-17(18)19(23-20)16-10-6-9-15(13-16)14-7-2-1-3-8-14;20-19-22-17-7-2-1-5-15(17)18(23-19)14-10-8-13(9-11-14)16-6-3-4-12-21-16;19-18-20-16-11-4-3-9-15(16)17(21-18)14-10-5-7-12-6-1-2-8-13(12)14;16-14-11-17-15(12-7-3-1-4-8-12)18(14)13-9-5-2-6-10-13;15-14-16-12-9-5-4-8-11(12)13(17-14)10-6-2-1-3-7-10/h1-13H;1-12H;1-11H;1-11H;1-9H. The molecule has 0 amide bonds. The number of pyridine rings is 1. The molecule has 11 nitrogen and oxygen atoms in total. The van der Waals surface area contributed by atoms with Crippen LogP contribution in [0.4, 0.5) is 0 Å². The lowest BCUT2D eigenvalue weighted by molar-refractivity contribution is 1.04. The fraction of sp³-hybridized carbons (Fsp3) is 0. The quantitative estimate of drug-likeness (QED) is 0.135. The molecule has 0 bridgehead atoms. The summed E-state index contributed by atoms with van der Waals surface area (Å²) in [5.74, 6) is 0.939. The van der Waals surface area contributed by atoms with Crippen LogP contribution in [0.15, 0.2) is 345 Å². The predicted octanol–water partition coefficient (Wildman–Crippen LogP) is 24.0. The molecule has 0 N–H and O–H groups in total. The number of imidazole rings is 1. The second-order valence-electron chi connectivity index (χ2n) is 23.0. The van der Waals surface area contributed by atoms with E-state index in [1.807, 2.05) is 255 Å². The first-order valence-corrected chi connectivity index (χ1v) is 34.7. The SMILES string of the molecule is Brc1cnc(-c2ccccc2)n1-c1ccccc1.Clc1nc(-c2ccc(-c3ccccn3)cc2)c2ccccc2n1.Clc1nc(-c2cccc(-c3ccccc3)c2)c2ccccc2n1.Clc1nc(-c2cccc3ccccc23)c2ccccc2n1.Clc1nc(-c2ccccc2)c2ccccc2n1. The Morgan fingerprint density at radius 2 is 0.637 bits per heavy atom. The molecule has 0 radical (unpaired) electrons. The van der Waals surface area contributed by atoms with Gasteiger partial charge in [0.2, 0.25) is 21.1 Å². The normalized spacial score (nSPS) is 10.8. The molecule has 6 heterocycles. The van der Waals surface area contributed by atoms with Gasteiger partial charge in [-0.3, -0.25) is 9.55 Å². The Morgan fingerprint density at radius 1 is 0.265 bits per heavy atom. The summed E-state index contributed by atoms with van der Waals surface area (Å²) in [5.41, 5.74) is 17.6. The van der Waals surface area contributed by atoms with Crippen molar-refractivity contribution in [2.24, 2.45) is 0 Å². The molecular weight excluding hydrogens is 1410 g/mol. The fourth-order valence-corrected chi connectivity index (χ4v) is 13.0. The smallest absolute Gasteiger partial charge is 0.223 e.